The molecule has 1 aliphatic heterocycles. The average Bonchev–Trinajstić information content (AvgIpc) is 2.63. The van der Waals surface area contributed by atoms with E-state index < -0.39 is 5.79 Å². The number of nitrogens with zero attached hydrogens (tertiary/aromatic N) is 2. The van der Waals surface area contributed by atoms with Gasteiger partial charge in [0.15, 0.2) is 10.9 Å². The monoisotopic (exact) mass is 270 g/mol. The molecule has 1 fully saturated rings. The molecule has 0 aliphatic carbocycles. The van der Waals surface area contributed by atoms with Gasteiger partial charge < -0.3 is 14.0 Å². The van der Waals surface area contributed by atoms with Gasteiger partial charge in [-0.15, -0.1) is 0 Å². The number of aryl methyl sites for hydroxylation is 1. The molecule has 1 aromatic rings. The zero-order valence-corrected chi connectivity index (χ0v) is 11.9. The van der Waals surface area contributed by atoms with Gasteiger partial charge in [0, 0.05) is 11.8 Å². The Kier molecular flexibility index (Phi) is 3.79. The lowest BCUT2D eigenvalue weighted by Crippen LogP contribution is -2.26. The van der Waals surface area contributed by atoms with E-state index in [0.717, 1.165) is 0 Å². The second-order valence-electron chi connectivity index (χ2n) is 4.82. The molecule has 100 valence electrons. The Hall–Kier alpha value is -0.850. The van der Waals surface area contributed by atoms with E-state index in [-0.39, 0.29) is 11.7 Å². The topological polar surface area (TPSA) is 53.4 Å². The van der Waals surface area contributed by atoms with Crippen molar-refractivity contribution in [2.75, 3.05) is 12.9 Å². The Morgan fingerprint density at radius 1 is 1.61 bits per heavy atom. The molecule has 6 heteroatoms. The van der Waals surface area contributed by atoms with Crippen LogP contribution in [0, 0.1) is 6.92 Å². The molecular weight excluding hydrogens is 252 g/mol. The van der Waals surface area contributed by atoms with Crippen LogP contribution in [0.3, 0.4) is 0 Å². The Labute approximate surface area is 111 Å². The first-order valence-corrected chi connectivity index (χ1v) is 7.07. The smallest absolute Gasteiger partial charge is 0.276 e. The lowest BCUT2D eigenvalue weighted by atomic mass is 10.3. The molecule has 2 heterocycles. The highest BCUT2D eigenvalue weighted by Gasteiger charge is 2.32. The SMILES string of the molecule is CSc1nc(=O)c(C)cn1C[C@H]1COC(C)(C)O1. The van der Waals surface area contributed by atoms with Crippen LogP contribution in [0.5, 0.6) is 0 Å². The van der Waals surface area contributed by atoms with Crippen molar-refractivity contribution >= 4 is 11.8 Å². The van der Waals surface area contributed by atoms with E-state index in [1.165, 1.54) is 11.8 Å². The van der Waals surface area contributed by atoms with Crippen LogP contribution in [-0.2, 0) is 16.0 Å². The van der Waals surface area contributed by atoms with E-state index in [1.807, 2.05) is 30.9 Å². The van der Waals surface area contributed by atoms with Gasteiger partial charge in [-0.3, -0.25) is 4.79 Å². The summed E-state index contributed by atoms with van der Waals surface area (Å²) in [6.07, 6.45) is 3.73. The summed E-state index contributed by atoms with van der Waals surface area (Å²) in [6.45, 7) is 6.78. The molecule has 0 spiro atoms. The van der Waals surface area contributed by atoms with Crippen LogP contribution in [-0.4, -0.2) is 34.3 Å². The van der Waals surface area contributed by atoms with Gasteiger partial charge in [0.05, 0.1) is 13.2 Å². The van der Waals surface area contributed by atoms with Gasteiger partial charge in [0.2, 0.25) is 0 Å². The fourth-order valence-electron chi connectivity index (χ4n) is 1.95. The number of thioether (sulfide) groups is 1. The van der Waals surface area contributed by atoms with E-state index in [1.54, 1.807) is 6.92 Å². The maximum absolute atomic E-state index is 11.5. The van der Waals surface area contributed by atoms with Gasteiger partial charge in [-0.1, -0.05) is 11.8 Å². The highest BCUT2D eigenvalue weighted by Crippen LogP contribution is 2.24. The highest BCUT2D eigenvalue weighted by molar-refractivity contribution is 7.98. The van der Waals surface area contributed by atoms with E-state index in [9.17, 15) is 4.79 Å². The molecule has 1 saturated heterocycles. The summed E-state index contributed by atoms with van der Waals surface area (Å²) in [5.74, 6) is -0.522. The van der Waals surface area contributed by atoms with Crippen LogP contribution in [0.4, 0.5) is 0 Å². The largest absolute Gasteiger partial charge is 0.348 e. The molecular formula is C12H18N2O3S. The standard InChI is InChI=1S/C12H18N2O3S/c1-8-5-14(11(18-4)13-10(8)15)6-9-7-16-12(2,3)17-9/h5,9H,6-7H2,1-4H3/t9-/m0/s1. The van der Waals surface area contributed by atoms with Crippen LogP contribution in [0.25, 0.3) is 0 Å². The number of rotatable bonds is 3. The second kappa shape index (κ2) is 5.03. The van der Waals surface area contributed by atoms with Gasteiger partial charge in [0.1, 0.15) is 6.10 Å². The van der Waals surface area contributed by atoms with Crippen molar-refractivity contribution in [3.05, 3.63) is 22.1 Å². The van der Waals surface area contributed by atoms with Crippen molar-refractivity contribution in [3.8, 4) is 0 Å². The molecule has 1 aromatic heterocycles. The molecule has 0 radical (unpaired) electrons. The normalized spacial score (nSPS) is 22.3. The molecule has 0 unspecified atom stereocenters. The van der Waals surface area contributed by atoms with Crippen molar-refractivity contribution in [3.63, 3.8) is 0 Å². The van der Waals surface area contributed by atoms with Crippen LogP contribution in [0.1, 0.15) is 19.4 Å². The zero-order valence-electron chi connectivity index (χ0n) is 11.1. The molecule has 5 nitrogen and oxygen atoms in total. The number of ether oxygens (including phenoxy) is 2. The van der Waals surface area contributed by atoms with Crippen LogP contribution >= 0.6 is 11.8 Å². The molecule has 0 bridgehead atoms. The predicted molar refractivity (Wildman–Crippen MR) is 69.9 cm³/mol. The highest BCUT2D eigenvalue weighted by atomic mass is 32.2. The van der Waals surface area contributed by atoms with Crippen molar-refractivity contribution < 1.29 is 9.47 Å². The average molecular weight is 270 g/mol. The summed E-state index contributed by atoms with van der Waals surface area (Å²) >= 11 is 1.46. The minimum atomic E-state index is -0.522. The summed E-state index contributed by atoms with van der Waals surface area (Å²) in [5.41, 5.74) is 0.477. The molecule has 0 saturated carbocycles. The third kappa shape index (κ3) is 2.93. The molecule has 1 aliphatic rings. The fourth-order valence-corrected chi connectivity index (χ4v) is 2.49. The summed E-state index contributed by atoms with van der Waals surface area (Å²) in [5, 5.41) is 0.707. The third-order valence-corrected chi connectivity index (χ3v) is 3.47. The minimum absolute atomic E-state index is 0.00500. The van der Waals surface area contributed by atoms with Crippen molar-refractivity contribution in [2.24, 2.45) is 0 Å². The van der Waals surface area contributed by atoms with Gasteiger partial charge in [-0.2, -0.15) is 4.98 Å². The number of aromatic nitrogens is 2. The van der Waals surface area contributed by atoms with Crippen LogP contribution in [0.15, 0.2) is 16.1 Å². The minimum Gasteiger partial charge on any atom is -0.348 e. The summed E-state index contributed by atoms with van der Waals surface area (Å²) < 4.78 is 13.2. The molecule has 0 N–H and O–H groups in total. The van der Waals surface area contributed by atoms with Gasteiger partial charge in [0.25, 0.3) is 5.56 Å². The third-order valence-electron chi connectivity index (χ3n) is 2.78. The molecule has 2 rings (SSSR count). The van der Waals surface area contributed by atoms with E-state index in [0.29, 0.717) is 23.9 Å². The van der Waals surface area contributed by atoms with E-state index >= 15 is 0 Å². The number of hydrogen-bond acceptors (Lipinski definition) is 5. The molecule has 18 heavy (non-hydrogen) atoms. The predicted octanol–water partition coefficient (Wildman–Crippen LogP) is 1.43. The van der Waals surface area contributed by atoms with Crippen molar-refractivity contribution in [1.29, 1.82) is 0 Å². The van der Waals surface area contributed by atoms with Crippen LogP contribution in [0.2, 0.25) is 0 Å². The van der Waals surface area contributed by atoms with Gasteiger partial charge in [-0.05, 0) is 27.0 Å². The molecule has 1 atom stereocenters. The maximum Gasteiger partial charge on any atom is 0.276 e. The Balaban J connectivity index is 2.19. The summed E-state index contributed by atoms with van der Waals surface area (Å²) in [6, 6.07) is 0. The van der Waals surface area contributed by atoms with Gasteiger partial charge >= 0.3 is 0 Å². The van der Waals surface area contributed by atoms with Crippen molar-refractivity contribution in [2.45, 2.75) is 44.4 Å². The quantitative estimate of drug-likeness (QED) is 0.614. The first-order chi connectivity index (χ1) is 8.41. The van der Waals surface area contributed by atoms with E-state index in [2.05, 4.69) is 4.98 Å². The number of hydrogen-bond donors (Lipinski definition) is 0. The van der Waals surface area contributed by atoms with E-state index in [4.69, 9.17) is 9.47 Å². The first kappa shape index (κ1) is 13.6. The zero-order chi connectivity index (χ0) is 13.3. The fraction of sp³-hybridized carbons (Fsp3) is 0.667. The Bertz CT molecular complexity index is 499. The second-order valence-corrected chi connectivity index (χ2v) is 5.59. The molecule has 0 aromatic carbocycles. The lowest BCUT2D eigenvalue weighted by molar-refractivity contribution is -0.139. The van der Waals surface area contributed by atoms with Gasteiger partial charge in [-0.25, -0.2) is 0 Å². The lowest BCUT2D eigenvalue weighted by Gasteiger charge is -2.18. The molecule has 0 amide bonds. The summed E-state index contributed by atoms with van der Waals surface area (Å²) in [4.78, 5) is 15.5. The maximum atomic E-state index is 11.5. The first-order valence-electron chi connectivity index (χ1n) is 5.85. The van der Waals surface area contributed by atoms with Crippen molar-refractivity contribution in [1.82, 2.24) is 9.55 Å². The summed E-state index contributed by atoms with van der Waals surface area (Å²) in [7, 11) is 0. The van der Waals surface area contributed by atoms with Crippen LogP contribution < -0.4 is 5.56 Å². The Morgan fingerprint density at radius 2 is 2.33 bits per heavy atom. The Morgan fingerprint density at radius 3 is 2.89 bits per heavy atom.